The summed E-state index contributed by atoms with van der Waals surface area (Å²) in [7, 11) is 4.01. The molecule has 238 valence electrons. The first-order valence-electron chi connectivity index (χ1n) is 15.4. The molecule has 2 heterocycles. The number of fused-ring (bicyclic) bond motifs is 2. The van der Waals surface area contributed by atoms with Crippen LogP contribution < -0.4 is 20.6 Å². The van der Waals surface area contributed by atoms with Crippen LogP contribution in [0.5, 0.6) is 11.5 Å². The molecule has 6 aromatic rings. The number of nitrogens with one attached hydrogen (secondary N) is 2. The molecule has 0 aliphatic heterocycles. The number of hydrogen-bond donors (Lipinski definition) is 2. The Morgan fingerprint density at radius 3 is 1.68 bits per heavy atom. The smallest absolute Gasteiger partial charge is 0.255 e. The minimum Gasteiger partial charge on any atom is -0.492 e. The van der Waals surface area contributed by atoms with Gasteiger partial charge in [0.1, 0.15) is 24.2 Å². The van der Waals surface area contributed by atoms with E-state index < -0.39 is 6.10 Å². The number of benzene rings is 4. The SMILES string of the molecule is Cc1ccccc1-c1c[nH]c(=O)c2cc(OC(C)C#N)ccc12.Cc1ccccc1-c1c[nH]c(=O)c2cc(OCCN(C)C)ccc12. The second kappa shape index (κ2) is 14.6. The molecule has 0 radical (unpaired) electrons. The molecule has 8 nitrogen and oxygen atoms in total. The summed E-state index contributed by atoms with van der Waals surface area (Å²) in [6.07, 6.45) is 2.97. The third-order valence-corrected chi connectivity index (χ3v) is 7.92. The highest BCUT2D eigenvalue weighted by Gasteiger charge is 2.12. The number of aromatic amines is 2. The highest BCUT2D eigenvalue weighted by molar-refractivity contribution is 5.98. The van der Waals surface area contributed by atoms with Gasteiger partial charge in [-0.15, -0.1) is 0 Å². The van der Waals surface area contributed by atoms with Crippen LogP contribution in [0.1, 0.15) is 18.1 Å². The second-order valence-corrected chi connectivity index (χ2v) is 11.6. The average Bonchev–Trinajstić information content (AvgIpc) is 3.06. The zero-order valence-corrected chi connectivity index (χ0v) is 27.3. The van der Waals surface area contributed by atoms with Gasteiger partial charge in [0.15, 0.2) is 6.10 Å². The number of aromatic nitrogens is 2. The van der Waals surface area contributed by atoms with E-state index in [1.54, 1.807) is 31.5 Å². The van der Waals surface area contributed by atoms with E-state index >= 15 is 0 Å². The molecule has 47 heavy (non-hydrogen) atoms. The standard InChI is InChI=1S/C20H22N2O2.C19H16N2O2/c1-14-6-4-5-7-16(14)19-13-21-20(23)18-12-15(8-9-17(18)19)24-11-10-22(2)3;1-12-5-3-4-6-15(12)18-11-21-19(22)17-9-14(7-8-16(17)18)23-13(2)10-20/h4-9,12-13H,10-11H2,1-3H3,(H,21,23);3-9,11,13H,1-2H3,(H,21,22). The normalized spacial score (nSPS) is 11.5. The Balaban J connectivity index is 0.000000185. The molecule has 1 atom stereocenters. The lowest BCUT2D eigenvalue weighted by atomic mass is 9.97. The van der Waals surface area contributed by atoms with Crippen molar-refractivity contribution in [1.29, 1.82) is 5.26 Å². The molecule has 6 rings (SSSR count). The number of H-pyrrole nitrogens is 2. The molecule has 0 saturated carbocycles. The van der Waals surface area contributed by atoms with Crippen LogP contribution in [0.3, 0.4) is 0 Å². The van der Waals surface area contributed by atoms with Crippen LogP contribution in [0.25, 0.3) is 43.8 Å². The van der Waals surface area contributed by atoms with Crippen molar-refractivity contribution in [2.24, 2.45) is 0 Å². The minimum absolute atomic E-state index is 0.0969. The lowest BCUT2D eigenvalue weighted by Gasteiger charge is -2.13. The van der Waals surface area contributed by atoms with Crippen molar-refractivity contribution >= 4 is 21.5 Å². The fourth-order valence-corrected chi connectivity index (χ4v) is 5.41. The summed E-state index contributed by atoms with van der Waals surface area (Å²) in [6.45, 7) is 7.20. The molecule has 4 aromatic carbocycles. The summed E-state index contributed by atoms with van der Waals surface area (Å²) in [4.78, 5) is 32.1. The molecule has 0 aliphatic rings. The van der Waals surface area contributed by atoms with Gasteiger partial charge in [-0.2, -0.15) is 5.26 Å². The van der Waals surface area contributed by atoms with E-state index in [1.165, 1.54) is 5.56 Å². The summed E-state index contributed by atoms with van der Waals surface area (Å²) in [6, 6.07) is 29.3. The van der Waals surface area contributed by atoms with Crippen molar-refractivity contribution in [2.75, 3.05) is 27.2 Å². The molecule has 0 bridgehead atoms. The molecular weight excluding hydrogens is 588 g/mol. The van der Waals surface area contributed by atoms with Crippen LogP contribution >= 0.6 is 0 Å². The van der Waals surface area contributed by atoms with Crippen LogP contribution in [-0.4, -0.2) is 48.2 Å². The molecule has 0 saturated heterocycles. The van der Waals surface area contributed by atoms with E-state index in [9.17, 15) is 9.59 Å². The number of nitrogens with zero attached hydrogens (tertiary/aromatic N) is 2. The van der Waals surface area contributed by atoms with E-state index in [-0.39, 0.29) is 11.1 Å². The van der Waals surface area contributed by atoms with Crippen molar-refractivity contribution < 1.29 is 9.47 Å². The summed E-state index contributed by atoms with van der Waals surface area (Å²) in [5.41, 5.74) is 6.25. The molecule has 2 aromatic heterocycles. The predicted molar refractivity (Wildman–Crippen MR) is 189 cm³/mol. The van der Waals surface area contributed by atoms with Crippen molar-refractivity contribution in [3.63, 3.8) is 0 Å². The van der Waals surface area contributed by atoms with Gasteiger partial charge in [0.2, 0.25) is 0 Å². The molecule has 0 fully saturated rings. The lowest BCUT2D eigenvalue weighted by molar-refractivity contribution is 0.261. The third kappa shape index (κ3) is 7.60. The maximum absolute atomic E-state index is 12.3. The topological polar surface area (TPSA) is 111 Å². The van der Waals surface area contributed by atoms with Crippen molar-refractivity contribution in [2.45, 2.75) is 26.9 Å². The predicted octanol–water partition coefficient (Wildman–Crippen LogP) is 7.24. The molecular formula is C39H38N4O4. The fraction of sp³-hybridized carbons (Fsp3) is 0.205. The van der Waals surface area contributed by atoms with Crippen LogP contribution in [0.4, 0.5) is 0 Å². The zero-order chi connectivity index (χ0) is 33.5. The van der Waals surface area contributed by atoms with E-state index in [1.807, 2.05) is 87.8 Å². The van der Waals surface area contributed by atoms with Crippen LogP contribution in [0.15, 0.2) is 107 Å². The van der Waals surface area contributed by atoms with E-state index in [4.69, 9.17) is 14.7 Å². The summed E-state index contributed by atoms with van der Waals surface area (Å²) >= 11 is 0. The molecule has 0 spiro atoms. The van der Waals surface area contributed by atoms with Gasteiger partial charge in [-0.3, -0.25) is 9.59 Å². The van der Waals surface area contributed by atoms with Gasteiger partial charge in [-0.1, -0.05) is 48.5 Å². The third-order valence-electron chi connectivity index (χ3n) is 7.92. The molecule has 1 unspecified atom stereocenters. The largest absolute Gasteiger partial charge is 0.492 e. The average molecular weight is 627 g/mol. The van der Waals surface area contributed by atoms with Gasteiger partial charge < -0.3 is 24.3 Å². The summed E-state index contributed by atoms with van der Waals surface area (Å²) in [5.74, 6) is 1.23. The quantitative estimate of drug-likeness (QED) is 0.184. The minimum atomic E-state index is -0.564. The van der Waals surface area contributed by atoms with E-state index in [0.717, 1.165) is 50.9 Å². The number of hydrogen-bond acceptors (Lipinski definition) is 6. The summed E-state index contributed by atoms with van der Waals surface area (Å²) in [5, 5.41) is 11.8. The molecule has 2 N–H and O–H groups in total. The van der Waals surface area contributed by atoms with Crippen molar-refractivity contribution in [1.82, 2.24) is 14.9 Å². The number of pyridine rings is 2. The number of rotatable bonds is 8. The van der Waals surface area contributed by atoms with Gasteiger partial charge in [0.05, 0.1) is 10.8 Å². The molecule has 0 amide bonds. The molecule has 0 aliphatic carbocycles. The van der Waals surface area contributed by atoms with Gasteiger partial charge in [0, 0.05) is 30.1 Å². The number of likely N-dealkylation sites (N-methyl/N-ethyl adjacent to an activating group) is 1. The first kappa shape index (κ1) is 32.7. The monoisotopic (exact) mass is 626 g/mol. The van der Waals surface area contributed by atoms with Crippen molar-refractivity contribution in [3.8, 4) is 39.8 Å². The Morgan fingerprint density at radius 2 is 1.19 bits per heavy atom. The van der Waals surface area contributed by atoms with Crippen molar-refractivity contribution in [3.05, 3.63) is 129 Å². The van der Waals surface area contributed by atoms with E-state index in [2.05, 4.69) is 33.9 Å². The Bertz CT molecular complexity index is 2190. The first-order chi connectivity index (χ1) is 22.7. The van der Waals surface area contributed by atoms with Gasteiger partial charge in [0.25, 0.3) is 11.1 Å². The van der Waals surface area contributed by atoms with Gasteiger partial charge in [-0.05, 0) is 104 Å². The Hall–Kier alpha value is -5.65. The molecule has 8 heteroatoms. The Labute approximate surface area is 273 Å². The highest BCUT2D eigenvalue weighted by Crippen LogP contribution is 2.32. The van der Waals surface area contributed by atoms with Crippen LogP contribution in [-0.2, 0) is 0 Å². The van der Waals surface area contributed by atoms with Gasteiger partial charge in [-0.25, -0.2) is 0 Å². The van der Waals surface area contributed by atoms with Crippen LogP contribution in [0, 0.1) is 25.2 Å². The lowest BCUT2D eigenvalue weighted by Crippen LogP contribution is -2.19. The van der Waals surface area contributed by atoms with Crippen LogP contribution in [0.2, 0.25) is 0 Å². The zero-order valence-electron chi connectivity index (χ0n) is 27.3. The number of ether oxygens (including phenoxy) is 2. The van der Waals surface area contributed by atoms with E-state index in [0.29, 0.717) is 23.1 Å². The summed E-state index contributed by atoms with van der Waals surface area (Å²) < 4.78 is 11.2. The maximum atomic E-state index is 12.3. The maximum Gasteiger partial charge on any atom is 0.255 e. The highest BCUT2D eigenvalue weighted by atomic mass is 16.5. The first-order valence-corrected chi connectivity index (χ1v) is 15.4. The fourth-order valence-electron chi connectivity index (χ4n) is 5.41. The Kier molecular flexibility index (Phi) is 10.2. The Morgan fingerprint density at radius 1 is 0.702 bits per heavy atom. The van der Waals surface area contributed by atoms with Gasteiger partial charge >= 0.3 is 0 Å². The number of aryl methyl sites for hydroxylation is 2. The number of nitriles is 1. The second-order valence-electron chi connectivity index (χ2n) is 11.6.